The van der Waals surface area contributed by atoms with Crippen LogP contribution in [-0.2, 0) is 22.6 Å². The summed E-state index contributed by atoms with van der Waals surface area (Å²) in [4.78, 5) is 66.4. The summed E-state index contributed by atoms with van der Waals surface area (Å²) < 4.78 is 1.37. The first-order valence-corrected chi connectivity index (χ1v) is 12.1. The van der Waals surface area contributed by atoms with Crippen LogP contribution >= 0.6 is 0 Å². The van der Waals surface area contributed by atoms with E-state index in [1.165, 1.54) is 27.9 Å². The van der Waals surface area contributed by atoms with Gasteiger partial charge in [0.2, 0.25) is 11.8 Å². The second-order valence-corrected chi connectivity index (χ2v) is 9.36. The van der Waals surface area contributed by atoms with Gasteiger partial charge in [-0.3, -0.25) is 14.4 Å². The zero-order valence-corrected chi connectivity index (χ0v) is 21.8. The number of pyridine rings is 1. The number of aromatic nitrogens is 5. The molecule has 0 spiro atoms. The highest BCUT2D eigenvalue weighted by atomic mass is 16.4. The topological polar surface area (TPSA) is 175 Å². The number of nitrogens with one attached hydrogen (secondary N) is 3. The molecular weight excluding hydrogens is 492 g/mol. The first-order chi connectivity index (χ1) is 18.0. The number of fused-ring (bicyclic) bond motifs is 1. The van der Waals surface area contributed by atoms with Crippen molar-refractivity contribution >= 4 is 34.8 Å². The average Bonchev–Trinajstić information content (AvgIpc) is 3.26. The minimum Gasteiger partial charge on any atom is -0.465 e. The van der Waals surface area contributed by atoms with Crippen molar-refractivity contribution in [2.75, 3.05) is 19.4 Å². The Kier molecular flexibility index (Phi) is 9.30. The molecule has 0 saturated heterocycles. The molecule has 0 radical (unpaired) electrons. The van der Waals surface area contributed by atoms with Gasteiger partial charge < -0.3 is 30.2 Å². The van der Waals surface area contributed by atoms with E-state index in [4.69, 9.17) is 5.11 Å². The number of nitrogens with zero attached hydrogens (tertiary/aromatic N) is 5. The number of likely N-dealkylation sites (N-methyl/N-ethyl adjacent to an activating group) is 1. The Labute approximate surface area is 219 Å². The lowest BCUT2D eigenvalue weighted by Crippen LogP contribution is -2.44. The molecule has 3 aromatic heterocycles. The van der Waals surface area contributed by atoms with Gasteiger partial charge in [0.15, 0.2) is 5.65 Å². The van der Waals surface area contributed by atoms with Crippen molar-refractivity contribution in [3.05, 3.63) is 58.7 Å². The third-order valence-corrected chi connectivity index (χ3v) is 5.54. The molecule has 0 saturated carbocycles. The Morgan fingerprint density at radius 2 is 2.00 bits per heavy atom. The van der Waals surface area contributed by atoms with Gasteiger partial charge in [-0.05, 0) is 43.4 Å². The summed E-state index contributed by atoms with van der Waals surface area (Å²) in [5.74, 6) is -0.0330. The fourth-order valence-electron chi connectivity index (χ4n) is 3.69. The molecule has 0 bridgehead atoms. The number of anilines is 1. The second kappa shape index (κ2) is 12.6. The Bertz CT molecular complexity index is 1390. The van der Waals surface area contributed by atoms with E-state index in [1.807, 2.05) is 0 Å². The number of allylic oxidation sites excluding steroid dienone is 1. The third-order valence-electron chi connectivity index (χ3n) is 5.54. The smallest absolute Gasteiger partial charge is 0.405 e. The van der Waals surface area contributed by atoms with Crippen LogP contribution in [0.5, 0.6) is 0 Å². The lowest BCUT2D eigenvalue weighted by Gasteiger charge is -2.16. The summed E-state index contributed by atoms with van der Waals surface area (Å²) in [6.45, 7) is 4.27. The van der Waals surface area contributed by atoms with E-state index in [2.05, 4.69) is 44.4 Å². The molecule has 3 amide bonds. The summed E-state index contributed by atoms with van der Waals surface area (Å²) in [6, 6.07) is 1.90. The Balaban J connectivity index is 1.74. The van der Waals surface area contributed by atoms with E-state index in [0.717, 1.165) is 12.1 Å². The zero-order chi connectivity index (χ0) is 27.8. The van der Waals surface area contributed by atoms with Crippen LogP contribution in [0.3, 0.4) is 0 Å². The number of hydrogen-bond acceptors (Lipinski definition) is 7. The van der Waals surface area contributed by atoms with Crippen molar-refractivity contribution in [3.63, 3.8) is 0 Å². The van der Waals surface area contributed by atoms with Crippen molar-refractivity contribution in [1.82, 2.24) is 34.7 Å². The Morgan fingerprint density at radius 1 is 1.24 bits per heavy atom. The summed E-state index contributed by atoms with van der Waals surface area (Å²) >= 11 is 0. The number of carboxylic acid groups (broad SMARTS) is 1. The van der Waals surface area contributed by atoms with E-state index < -0.39 is 23.6 Å². The maximum atomic E-state index is 13.1. The van der Waals surface area contributed by atoms with Crippen molar-refractivity contribution in [1.29, 1.82) is 0 Å². The molecule has 0 aliphatic carbocycles. The monoisotopic (exact) mass is 524 g/mol. The summed E-state index contributed by atoms with van der Waals surface area (Å²) in [5, 5.41) is 13.8. The van der Waals surface area contributed by atoms with Crippen LogP contribution in [0.15, 0.2) is 41.6 Å². The van der Waals surface area contributed by atoms with E-state index >= 15 is 0 Å². The van der Waals surface area contributed by atoms with Crippen molar-refractivity contribution in [2.24, 2.45) is 5.92 Å². The zero-order valence-electron chi connectivity index (χ0n) is 21.8. The predicted octanol–water partition coefficient (Wildman–Crippen LogP) is 1.76. The highest BCUT2D eigenvalue weighted by Crippen LogP contribution is 2.16. The van der Waals surface area contributed by atoms with E-state index in [1.54, 1.807) is 32.4 Å². The van der Waals surface area contributed by atoms with Crippen molar-refractivity contribution in [2.45, 2.75) is 45.7 Å². The van der Waals surface area contributed by atoms with Gasteiger partial charge in [0.25, 0.3) is 5.56 Å². The molecule has 4 N–H and O–H groups in total. The minimum atomic E-state index is -1.38. The summed E-state index contributed by atoms with van der Waals surface area (Å²) in [6.07, 6.45) is 5.66. The number of carbonyl (C=O) groups is 3. The fourth-order valence-corrected chi connectivity index (χ4v) is 3.69. The summed E-state index contributed by atoms with van der Waals surface area (Å²) in [7, 11) is 3.21. The fraction of sp³-hybridized carbons (Fsp3) is 0.400. The average molecular weight is 525 g/mol. The molecule has 13 nitrogen and oxygen atoms in total. The SMILES string of the molecule is CC(C)Cc1ncnc2[nH]c(Cn3cccc(NC(=O)[C@H](CC/C=C/C(=O)N(C)C)NC(=O)O)c3=O)nc12. The molecule has 0 aliphatic rings. The lowest BCUT2D eigenvalue weighted by atomic mass is 10.1. The molecule has 0 fully saturated rings. The normalized spacial score (nSPS) is 12.1. The molecule has 3 heterocycles. The van der Waals surface area contributed by atoms with Crippen LogP contribution < -0.4 is 16.2 Å². The van der Waals surface area contributed by atoms with Crippen LogP contribution in [0.1, 0.15) is 38.2 Å². The first kappa shape index (κ1) is 28.0. The molecule has 0 aliphatic heterocycles. The van der Waals surface area contributed by atoms with Crippen LogP contribution in [-0.4, -0.2) is 72.6 Å². The molecule has 0 aromatic carbocycles. The number of rotatable bonds is 11. The van der Waals surface area contributed by atoms with Crippen LogP contribution in [0.2, 0.25) is 0 Å². The molecule has 3 aromatic rings. The number of H-pyrrole nitrogens is 1. The van der Waals surface area contributed by atoms with Gasteiger partial charge in [0.05, 0.1) is 12.2 Å². The van der Waals surface area contributed by atoms with Gasteiger partial charge in [0, 0.05) is 20.3 Å². The van der Waals surface area contributed by atoms with Crippen molar-refractivity contribution < 1.29 is 19.5 Å². The van der Waals surface area contributed by atoms with Crippen LogP contribution in [0.4, 0.5) is 10.5 Å². The van der Waals surface area contributed by atoms with Crippen LogP contribution in [0, 0.1) is 5.92 Å². The highest BCUT2D eigenvalue weighted by Gasteiger charge is 2.21. The minimum absolute atomic E-state index is 0.00980. The molecular formula is C25H32N8O5. The molecule has 13 heteroatoms. The first-order valence-electron chi connectivity index (χ1n) is 12.1. The van der Waals surface area contributed by atoms with Gasteiger partial charge in [-0.15, -0.1) is 0 Å². The van der Waals surface area contributed by atoms with Gasteiger partial charge >= 0.3 is 6.09 Å². The lowest BCUT2D eigenvalue weighted by molar-refractivity contribution is -0.123. The van der Waals surface area contributed by atoms with E-state index in [-0.39, 0.29) is 31.0 Å². The molecule has 1 atom stereocenters. The molecule has 202 valence electrons. The molecule has 38 heavy (non-hydrogen) atoms. The van der Waals surface area contributed by atoms with Crippen molar-refractivity contribution in [3.8, 4) is 0 Å². The third kappa shape index (κ3) is 7.48. The van der Waals surface area contributed by atoms with Gasteiger partial charge in [-0.2, -0.15) is 0 Å². The Hall–Kier alpha value is -4.55. The maximum absolute atomic E-state index is 13.1. The van der Waals surface area contributed by atoms with Gasteiger partial charge in [-0.25, -0.2) is 19.7 Å². The molecule has 0 unspecified atom stereocenters. The summed E-state index contributed by atoms with van der Waals surface area (Å²) in [5.41, 5.74) is 1.55. The van der Waals surface area contributed by atoms with Gasteiger partial charge in [0.1, 0.15) is 29.4 Å². The number of imidazole rings is 1. The number of carbonyl (C=O) groups excluding carboxylic acids is 2. The number of aromatic amines is 1. The Morgan fingerprint density at radius 3 is 2.68 bits per heavy atom. The number of amides is 3. The van der Waals surface area contributed by atoms with Crippen LogP contribution in [0.25, 0.3) is 11.2 Å². The maximum Gasteiger partial charge on any atom is 0.405 e. The quantitative estimate of drug-likeness (QED) is 0.274. The largest absolute Gasteiger partial charge is 0.465 e. The second-order valence-electron chi connectivity index (χ2n) is 9.36. The molecule has 3 rings (SSSR count). The van der Waals surface area contributed by atoms with E-state index in [0.29, 0.717) is 22.9 Å². The number of hydrogen-bond donors (Lipinski definition) is 4. The highest BCUT2D eigenvalue weighted by molar-refractivity contribution is 5.96. The predicted molar refractivity (Wildman–Crippen MR) is 141 cm³/mol. The van der Waals surface area contributed by atoms with Gasteiger partial charge in [-0.1, -0.05) is 19.9 Å². The standard InChI is InChI=1S/C25H32N8O5/c1-15(2)12-18-21-22(27-14-26-18)31-19(30-21)13-33-11-7-9-17(24(33)36)28-23(35)16(29-25(37)38)8-5-6-10-20(34)32(3)4/h6-7,9-11,14-16,29H,5,8,12-13H2,1-4H3,(H,28,35)(H,37,38)(H,26,27,30,31)/b10-6+/t16-/m0/s1. The van der Waals surface area contributed by atoms with E-state index in [9.17, 15) is 19.2 Å².